The number of methoxy groups -OCH3 is 1. The van der Waals surface area contributed by atoms with E-state index in [0.29, 0.717) is 40.7 Å². The van der Waals surface area contributed by atoms with Gasteiger partial charge in [0.25, 0.3) is 0 Å². The Labute approximate surface area is 255 Å². The van der Waals surface area contributed by atoms with Crippen LogP contribution in [0.2, 0.25) is 0 Å². The summed E-state index contributed by atoms with van der Waals surface area (Å²) >= 11 is 0. The first-order valence-electron chi connectivity index (χ1n) is 14.3. The zero-order valence-corrected chi connectivity index (χ0v) is 25.2. The number of fused-ring (bicyclic) bond motifs is 1. The van der Waals surface area contributed by atoms with E-state index < -0.39 is 30.0 Å². The normalized spacial score (nSPS) is 17.1. The molecule has 44 heavy (non-hydrogen) atoms. The lowest BCUT2D eigenvalue weighted by atomic mass is 10.0. The number of carbonyl (C=O) groups excluding carboxylic acids is 3. The van der Waals surface area contributed by atoms with Crippen LogP contribution in [0.1, 0.15) is 19.4 Å². The van der Waals surface area contributed by atoms with Crippen molar-refractivity contribution in [1.82, 2.24) is 9.80 Å². The second-order valence-electron chi connectivity index (χ2n) is 10.8. The summed E-state index contributed by atoms with van der Waals surface area (Å²) in [5.41, 5.74) is 2.02. The number of nitrogens with zero attached hydrogens (tertiary/aromatic N) is 2. The summed E-state index contributed by atoms with van der Waals surface area (Å²) in [6, 6.07) is 16.1. The third-order valence-electron chi connectivity index (χ3n) is 7.42. The molecule has 0 aliphatic carbocycles. The lowest BCUT2D eigenvalue weighted by Crippen LogP contribution is -2.48. The van der Waals surface area contributed by atoms with Gasteiger partial charge in [0.05, 0.1) is 32.7 Å². The second-order valence-corrected chi connectivity index (χ2v) is 10.8. The number of amides is 5. The molecule has 0 saturated heterocycles. The minimum absolute atomic E-state index is 0.0182. The highest BCUT2D eigenvalue weighted by Gasteiger charge is 2.32. The molecule has 1 heterocycles. The number of rotatable bonds is 8. The number of halogens is 1. The lowest BCUT2D eigenvalue weighted by Gasteiger charge is -2.34. The van der Waals surface area contributed by atoms with Crippen molar-refractivity contribution in [3.05, 3.63) is 78.1 Å². The summed E-state index contributed by atoms with van der Waals surface area (Å²) in [6.07, 6.45) is -0.551. The van der Waals surface area contributed by atoms with E-state index in [1.54, 1.807) is 68.4 Å². The molecule has 0 aromatic heterocycles. The summed E-state index contributed by atoms with van der Waals surface area (Å²) in [6.45, 7) is 3.94. The van der Waals surface area contributed by atoms with Crippen molar-refractivity contribution in [2.75, 3.05) is 49.8 Å². The first kappa shape index (κ1) is 32.1. The van der Waals surface area contributed by atoms with Gasteiger partial charge in [-0.3, -0.25) is 4.79 Å². The van der Waals surface area contributed by atoms with Crippen LogP contribution in [0.3, 0.4) is 0 Å². The fourth-order valence-corrected chi connectivity index (χ4v) is 4.80. The van der Waals surface area contributed by atoms with E-state index in [1.165, 1.54) is 29.2 Å². The highest BCUT2D eigenvalue weighted by atomic mass is 19.1. The Kier molecular flexibility index (Phi) is 10.6. The molecule has 1 aliphatic rings. The minimum atomic E-state index is -0.533. The Morgan fingerprint density at radius 3 is 2.32 bits per heavy atom. The first-order valence-corrected chi connectivity index (χ1v) is 14.3. The quantitative estimate of drug-likeness (QED) is 0.291. The van der Waals surface area contributed by atoms with Crippen LogP contribution >= 0.6 is 0 Å². The van der Waals surface area contributed by atoms with E-state index in [-0.39, 0.29) is 31.4 Å². The number of hydrogen-bond donors (Lipinski definition) is 4. The predicted octanol–water partition coefficient (Wildman–Crippen LogP) is 4.79. The Morgan fingerprint density at radius 2 is 1.66 bits per heavy atom. The number of carbonyl (C=O) groups is 3. The number of benzene rings is 3. The lowest BCUT2D eigenvalue weighted by molar-refractivity contribution is -0.134. The van der Waals surface area contributed by atoms with E-state index in [9.17, 15) is 23.9 Å². The monoisotopic (exact) mass is 607 g/mol. The molecule has 11 nitrogen and oxygen atoms in total. The summed E-state index contributed by atoms with van der Waals surface area (Å²) in [5, 5.41) is 18.2. The Hall–Kier alpha value is -4.84. The van der Waals surface area contributed by atoms with Gasteiger partial charge in [0.1, 0.15) is 23.4 Å². The predicted molar refractivity (Wildman–Crippen MR) is 166 cm³/mol. The van der Waals surface area contributed by atoms with Crippen LogP contribution in [-0.4, -0.2) is 78.9 Å². The molecule has 0 fully saturated rings. The van der Waals surface area contributed by atoms with Crippen molar-refractivity contribution in [2.24, 2.45) is 5.92 Å². The first-order chi connectivity index (χ1) is 21.1. The van der Waals surface area contributed by atoms with Crippen molar-refractivity contribution < 1.29 is 33.4 Å². The second kappa shape index (κ2) is 14.6. The summed E-state index contributed by atoms with van der Waals surface area (Å²) < 4.78 is 24.9. The number of ether oxygens (including phenoxy) is 2. The smallest absolute Gasteiger partial charge is 0.323 e. The Morgan fingerprint density at radius 1 is 1.05 bits per heavy atom. The van der Waals surface area contributed by atoms with Crippen LogP contribution in [0.5, 0.6) is 11.5 Å². The van der Waals surface area contributed by atoms with Gasteiger partial charge in [-0.05, 0) is 73.7 Å². The highest BCUT2D eigenvalue weighted by molar-refractivity contribution is 6.00. The standard InChI is InChI=1S/C32H38FN5O6/c1-20-17-38(21(2)19-39)30(40)16-22-15-26(35-31(41)34-24-9-12-27(43-4)13-10-24)11-14-28(22)44-29(20)18-37(3)32(42)36-25-7-5-23(33)6-8-25/h5-15,20-21,29,39H,16-19H2,1-4H3,(H,36,42)(H2,34,35,41)/t20-,21+,29-/m1/s1. The number of anilines is 3. The maximum Gasteiger partial charge on any atom is 0.323 e. The van der Waals surface area contributed by atoms with E-state index in [4.69, 9.17) is 9.47 Å². The summed E-state index contributed by atoms with van der Waals surface area (Å²) in [7, 11) is 3.18. The molecule has 0 saturated carbocycles. The Balaban J connectivity index is 1.54. The average Bonchev–Trinajstić information content (AvgIpc) is 3.05. The number of aliphatic hydroxyl groups excluding tert-OH is 1. The van der Waals surface area contributed by atoms with E-state index in [1.807, 2.05) is 6.92 Å². The molecule has 0 bridgehead atoms. The van der Waals surface area contributed by atoms with Crippen LogP contribution in [0, 0.1) is 11.7 Å². The van der Waals surface area contributed by atoms with E-state index in [2.05, 4.69) is 16.0 Å². The highest BCUT2D eigenvalue weighted by Crippen LogP contribution is 2.29. The van der Waals surface area contributed by atoms with Crippen molar-refractivity contribution in [3.8, 4) is 11.5 Å². The number of urea groups is 2. The van der Waals surface area contributed by atoms with E-state index in [0.717, 1.165) is 0 Å². The number of hydrogen-bond acceptors (Lipinski definition) is 6. The fourth-order valence-electron chi connectivity index (χ4n) is 4.80. The summed E-state index contributed by atoms with van der Waals surface area (Å²) in [4.78, 5) is 42.2. The van der Waals surface area contributed by atoms with Gasteiger partial charge in [0.2, 0.25) is 5.91 Å². The molecule has 3 atom stereocenters. The zero-order chi connectivity index (χ0) is 31.8. The van der Waals surface area contributed by atoms with Crippen LogP contribution in [0.15, 0.2) is 66.7 Å². The molecule has 3 aromatic rings. The van der Waals surface area contributed by atoms with Crippen LogP contribution < -0.4 is 25.4 Å². The van der Waals surface area contributed by atoms with Gasteiger partial charge in [0, 0.05) is 42.1 Å². The third kappa shape index (κ3) is 8.38. The molecule has 0 unspecified atom stereocenters. The molecule has 12 heteroatoms. The fraction of sp³-hybridized carbons (Fsp3) is 0.344. The number of nitrogens with one attached hydrogen (secondary N) is 3. The van der Waals surface area contributed by atoms with Crippen molar-refractivity contribution >= 4 is 35.0 Å². The number of aliphatic hydroxyl groups is 1. The zero-order valence-electron chi connectivity index (χ0n) is 25.2. The largest absolute Gasteiger partial charge is 0.497 e. The van der Waals surface area contributed by atoms with E-state index >= 15 is 0 Å². The molecule has 0 spiro atoms. The van der Waals surface area contributed by atoms with Crippen molar-refractivity contribution in [1.29, 1.82) is 0 Å². The third-order valence-corrected chi connectivity index (χ3v) is 7.42. The SMILES string of the molecule is COc1ccc(NC(=O)Nc2ccc3c(c2)CC(=O)N([C@@H](C)CO)C[C@@H](C)[C@@H](CN(C)C(=O)Nc2ccc(F)cc2)O3)cc1. The Bertz CT molecular complexity index is 1450. The molecular weight excluding hydrogens is 569 g/mol. The van der Waals surface area contributed by atoms with Crippen molar-refractivity contribution in [2.45, 2.75) is 32.4 Å². The van der Waals surface area contributed by atoms with Crippen LogP contribution in [0.4, 0.5) is 31.0 Å². The van der Waals surface area contributed by atoms with Gasteiger partial charge >= 0.3 is 12.1 Å². The van der Waals surface area contributed by atoms with Gasteiger partial charge in [-0.25, -0.2) is 14.0 Å². The topological polar surface area (TPSA) is 132 Å². The van der Waals surface area contributed by atoms with Gasteiger partial charge in [-0.2, -0.15) is 0 Å². The average molecular weight is 608 g/mol. The number of likely N-dealkylation sites (N-methyl/N-ethyl adjacent to an activating group) is 1. The molecule has 1 aliphatic heterocycles. The van der Waals surface area contributed by atoms with Crippen molar-refractivity contribution in [3.63, 3.8) is 0 Å². The maximum absolute atomic E-state index is 13.5. The molecule has 5 amide bonds. The molecule has 234 valence electrons. The molecule has 3 aromatic carbocycles. The van der Waals surface area contributed by atoms with Gasteiger partial charge in [-0.15, -0.1) is 0 Å². The minimum Gasteiger partial charge on any atom is -0.497 e. The van der Waals surface area contributed by atoms with Crippen LogP contribution in [0.25, 0.3) is 0 Å². The van der Waals surface area contributed by atoms with Gasteiger partial charge in [0.15, 0.2) is 0 Å². The van der Waals surface area contributed by atoms with Gasteiger partial charge in [-0.1, -0.05) is 6.92 Å². The molecular formula is C32H38FN5O6. The van der Waals surface area contributed by atoms with Gasteiger partial charge < -0.3 is 40.3 Å². The van der Waals surface area contributed by atoms with Crippen LogP contribution in [-0.2, 0) is 11.2 Å². The summed E-state index contributed by atoms with van der Waals surface area (Å²) in [5.74, 6) is 0.270. The molecule has 4 N–H and O–H groups in total. The molecule has 4 rings (SSSR count). The molecule has 0 radical (unpaired) electrons. The maximum atomic E-state index is 13.5.